The van der Waals surface area contributed by atoms with Crippen molar-refractivity contribution >= 4 is 5.82 Å². The first-order chi connectivity index (χ1) is 6.79. The lowest BCUT2D eigenvalue weighted by Gasteiger charge is -2.25. The molecule has 0 atom stereocenters. The molecule has 0 aliphatic carbocycles. The standard InChI is InChI=1S/C8H14N4O3/c1-8(2,15)4-12(3)5-6(13)9-7(14)11-10-5/h15H,4H2,1-3H3,(H2,9,11,13,14). The summed E-state index contributed by atoms with van der Waals surface area (Å²) in [4.78, 5) is 25.5. The van der Waals surface area contributed by atoms with E-state index in [9.17, 15) is 14.7 Å². The van der Waals surface area contributed by atoms with Crippen molar-refractivity contribution in [2.75, 3.05) is 18.5 Å². The van der Waals surface area contributed by atoms with Gasteiger partial charge in [-0.05, 0) is 13.8 Å². The molecule has 0 aromatic carbocycles. The summed E-state index contributed by atoms with van der Waals surface area (Å²) in [7, 11) is 1.61. The molecule has 0 fully saturated rings. The number of aliphatic hydroxyl groups is 1. The number of nitrogens with zero attached hydrogens (tertiary/aromatic N) is 2. The minimum Gasteiger partial charge on any atom is -0.389 e. The highest BCUT2D eigenvalue weighted by Gasteiger charge is 2.18. The summed E-state index contributed by atoms with van der Waals surface area (Å²) in [5, 5.41) is 15.3. The van der Waals surface area contributed by atoms with E-state index in [1.54, 1.807) is 20.9 Å². The van der Waals surface area contributed by atoms with Crippen LogP contribution in [0.15, 0.2) is 9.59 Å². The van der Waals surface area contributed by atoms with Crippen molar-refractivity contribution in [2.24, 2.45) is 0 Å². The van der Waals surface area contributed by atoms with Gasteiger partial charge in [-0.2, -0.15) is 0 Å². The van der Waals surface area contributed by atoms with Crippen LogP contribution in [0.2, 0.25) is 0 Å². The number of anilines is 1. The van der Waals surface area contributed by atoms with Gasteiger partial charge in [-0.15, -0.1) is 5.10 Å². The van der Waals surface area contributed by atoms with Gasteiger partial charge in [0.25, 0.3) is 5.56 Å². The van der Waals surface area contributed by atoms with E-state index in [-0.39, 0.29) is 12.4 Å². The maximum absolute atomic E-state index is 11.3. The van der Waals surface area contributed by atoms with Gasteiger partial charge < -0.3 is 10.0 Å². The van der Waals surface area contributed by atoms with E-state index in [0.29, 0.717) is 0 Å². The highest BCUT2D eigenvalue weighted by molar-refractivity contribution is 5.32. The van der Waals surface area contributed by atoms with Crippen molar-refractivity contribution < 1.29 is 5.11 Å². The van der Waals surface area contributed by atoms with Crippen LogP contribution < -0.4 is 16.1 Å². The van der Waals surface area contributed by atoms with Crippen LogP contribution in [0.5, 0.6) is 0 Å². The average Bonchev–Trinajstić information content (AvgIpc) is 1.99. The Hall–Kier alpha value is -1.63. The van der Waals surface area contributed by atoms with Crippen LogP contribution in [0, 0.1) is 0 Å². The first kappa shape index (κ1) is 11.4. The number of hydrogen-bond donors (Lipinski definition) is 3. The molecule has 0 bridgehead atoms. The summed E-state index contributed by atoms with van der Waals surface area (Å²) in [6, 6.07) is 0. The molecule has 0 unspecified atom stereocenters. The highest BCUT2D eigenvalue weighted by atomic mass is 16.3. The van der Waals surface area contributed by atoms with E-state index in [1.165, 1.54) is 4.90 Å². The quantitative estimate of drug-likeness (QED) is 0.578. The van der Waals surface area contributed by atoms with Crippen LogP contribution in [-0.2, 0) is 0 Å². The van der Waals surface area contributed by atoms with Crippen molar-refractivity contribution in [3.63, 3.8) is 0 Å². The third-order valence-electron chi connectivity index (χ3n) is 1.68. The zero-order valence-corrected chi connectivity index (χ0v) is 8.87. The Morgan fingerprint density at radius 3 is 2.53 bits per heavy atom. The van der Waals surface area contributed by atoms with E-state index in [0.717, 1.165) is 0 Å². The van der Waals surface area contributed by atoms with Gasteiger partial charge in [0.15, 0.2) is 0 Å². The molecule has 0 saturated heterocycles. The van der Waals surface area contributed by atoms with Gasteiger partial charge in [0.2, 0.25) is 5.82 Å². The van der Waals surface area contributed by atoms with E-state index >= 15 is 0 Å². The molecular formula is C8H14N4O3. The maximum Gasteiger partial charge on any atom is 0.342 e. The molecule has 0 aliphatic heterocycles. The fourth-order valence-corrected chi connectivity index (χ4v) is 1.26. The van der Waals surface area contributed by atoms with Gasteiger partial charge in [-0.3, -0.25) is 9.78 Å². The molecule has 1 rings (SSSR count). The summed E-state index contributed by atoms with van der Waals surface area (Å²) >= 11 is 0. The Balaban J connectivity index is 2.97. The molecule has 0 radical (unpaired) electrons. The number of likely N-dealkylation sites (N-methyl/N-ethyl adjacent to an activating group) is 1. The molecular weight excluding hydrogens is 200 g/mol. The molecule has 1 heterocycles. The van der Waals surface area contributed by atoms with E-state index < -0.39 is 16.9 Å². The van der Waals surface area contributed by atoms with Crippen molar-refractivity contribution in [1.82, 2.24) is 15.2 Å². The topological polar surface area (TPSA) is 102 Å². The number of H-pyrrole nitrogens is 2. The molecule has 1 aromatic rings. The van der Waals surface area contributed by atoms with Gasteiger partial charge in [0, 0.05) is 13.6 Å². The van der Waals surface area contributed by atoms with Gasteiger partial charge in [-0.1, -0.05) is 0 Å². The first-order valence-electron chi connectivity index (χ1n) is 4.42. The third-order valence-corrected chi connectivity index (χ3v) is 1.68. The summed E-state index contributed by atoms with van der Waals surface area (Å²) < 4.78 is 0. The van der Waals surface area contributed by atoms with Crippen LogP contribution in [0.4, 0.5) is 5.82 Å². The van der Waals surface area contributed by atoms with Crippen LogP contribution in [-0.4, -0.2) is 39.5 Å². The smallest absolute Gasteiger partial charge is 0.342 e. The van der Waals surface area contributed by atoms with Crippen molar-refractivity contribution in [3.8, 4) is 0 Å². The molecule has 7 nitrogen and oxygen atoms in total. The normalized spacial score (nSPS) is 11.5. The summed E-state index contributed by atoms with van der Waals surface area (Å²) in [6.45, 7) is 3.46. The maximum atomic E-state index is 11.3. The Morgan fingerprint density at radius 2 is 2.07 bits per heavy atom. The van der Waals surface area contributed by atoms with Gasteiger partial charge in [0.1, 0.15) is 0 Å². The van der Waals surface area contributed by atoms with Crippen LogP contribution >= 0.6 is 0 Å². The van der Waals surface area contributed by atoms with Gasteiger partial charge >= 0.3 is 5.69 Å². The van der Waals surface area contributed by atoms with Crippen molar-refractivity contribution in [3.05, 3.63) is 20.8 Å². The number of aromatic nitrogens is 3. The lowest BCUT2D eigenvalue weighted by Crippen LogP contribution is -2.40. The third kappa shape index (κ3) is 3.21. The second-order valence-corrected chi connectivity index (χ2v) is 4.00. The lowest BCUT2D eigenvalue weighted by molar-refractivity contribution is 0.0883. The lowest BCUT2D eigenvalue weighted by atomic mass is 10.1. The van der Waals surface area contributed by atoms with E-state index in [4.69, 9.17) is 0 Å². The molecule has 0 spiro atoms. The SMILES string of the molecule is CN(CC(C)(C)O)c1n[nH]c(=O)[nH]c1=O. The highest BCUT2D eigenvalue weighted by Crippen LogP contribution is 2.06. The summed E-state index contributed by atoms with van der Waals surface area (Å²) in [5.41, 5.74) is -2.18. The second-order valence-electron chi connectivity index (χ2n) is 4.00. The number of nitrogens with one attached hydrogen (secondary N) is 2. The monoisotopic (exact) mass is 214 g/mol. The fourth-order valence-electron chi connectivity index (χ4n) is 1.26. The van der Waals surface area contributed by atoms with E-state index in [2.05, 4.69) is 15.2 Å². The zero-order chi connectivity index (χ0) is 11.6. The number of hydrogen-bond acceptors (Lipinski definition) is 5. The zero-order valence-electron chi connectivity index (χ0n) is 8.87. The Labute approximate surface area is 85.8 Å². The predicted octanol–water partition coefficient (Wildman–Crippen LogP) is -1.33. The fraction of sp³-hybridized carbons (Fsp3) is 0.625. The minimum atomic E-state index is -0.945. The van der Waals surface area contributed by atoms with Crippen LogP contribution in [0.25, 0.3) is 0 Å². The molecule has 15 heavy (non-hydrogen) atoms. The second kappa shape index (κ2) is 3.85. The predicted molar refractivity (Wildman–Crippen MR) is 55.0 cm³/mol. The largest absolute Gasteiger partial charge is 0.389 e. The molecule has 3 N–H and O–H groups in total. The molecule has 1 aromatic heterocycles. The van der Waals surface area contributed by atoms with Gasteiger partial charge in [-0.25, -0.2) is 9.89 Å². The van der Waals surface area contributed by atoms with Crippen molar-refractivity contribution in [2.45, 2.75) is 19.4 Å². The van der Waals surface area contributed by atoms with E-state index in [1.807, 2.05) is 0 Å². The Kier molecular flexibility index (Phi) is 2.94. The minimum absolute atomic E-state index is 0.0664. The first-order valence-corrected chi connectivity index (χ1v) is 4.42. The average molecular weight is 214 g/mol. The molecule has 0 saturated carbocycles. The van der Waals surface area contributed by atoms with Crippen LogP contribution in [0.3, 0.4) is 0 Å². The van der Waals surface area contributed by atoms with Gasteiger partial charge in [0.05, 0.1) is 5.60 Å². The molecule has 7 heteroatoms. The Morgan fingerprint density at radius 1 is 1.47 bits per heavy atom. The Bertz CT molecular complexity index is 442. The summed E-state index contributed by atoms with van der Waals surface area (Å²) in [6.07, 6.45) is 0. The molecule has 0 aliphatic rings. The molecule has 0 amide bonds. The molecule has 84 valence electrons. The number of aromatic amines is 2. The van der Waals surface area contributed by atoms with Crippen LogP contribution in [0.1, 0.15) is 13.8 Å². The van der Waals surface area contributed by atoms with Crippen molar-refractivity contribution in [1.29, 1.82) is 0 Å². The number of rotatable bonds is 3. The summed E-state index contributed by atoms with van der Waals surface area (Å²) in [5.74, 6) is 0.0664.